The Morgan fingerprint density at radius 1 is 1.31 bits per heavy atom. The highest BCUT2D eigenvalue weighted by Gasteiger charge is 2.39. The van der Waals surface area contributed by atoms with Crippen LogP contribution < -0.4 is 10.5 Å². The van der Waals surface area contributed by atoms with Gasteiger partial charge in [0.15, 0.2) is 5.96 Å². The van der Waals surface area contributed by atoms with E-state index in [-0.39, 0.29) is 11.9 Å². The molecule has 8 heteroatoms. The van der Waals surface area contributed by atoms with Crippen LogP contribution in [0, 0.1) is 11.3 Å². The number of aliphatic hydroxyl groups is 1. The van der Waals surface area contributed by atoms with Crippen molar-refractivity contribution in [1.29, 1.82) is 5.41 Å². The monoisotopic (exact) mass is 395 g/mol. The number of rotatable bonds is 5. The Bertz CT molecular complexity index is 1030. The smallest absolute Gasteiger partial charge is 0.252 e. The van der Waals surface area contributed by atoms with E-state index in [1.54, 1.807) is 4.90 Å². The number of ether oxygens (including phenoxy) is 1. The predicted molar refractivity (Wildman–Crippen MR) is 110 cm³/mol. The van der Waals surface area contributed by atoms with Crippen molar-refractivity contribution in [2.75, 3.05) is 13.2 Å². The molecule has 0 spiro atoms. The zero-order valence-electron chi connectivity index (χ0n) is 16.5. The van der Waals surface area contributed by atoms with Crippen LogP contribution in [0.5, 0.6) is 5.75 Å². The number of hydrogen-bond acceptors (Lipinski definition) is 6. The Morgan fingerprint density at radius 2 is 2.07 bits per heavy atom. The van der Waals surface area contributed by atoms with Crippen molar-refractivity contribution in [3.63, 3.8) is 0 Å². The van der Waals surface area contributed by atoms with Crippen molar-refractivity contribution in [2.24, 2.45) is 11.7 Å². The lowest BCUT2D eigenvalue weighted by molar-refractivity contribution is 0.118. The van der Waals surface area contributed by atoms with E-state index in [1.807, 2.05) is 36.4 Å². The first kappa shape index (κ1) is 19.2. The molecule has 0 saturated carbocycles. The van der Waals surface area contributed by atoms with E-state index < -0.39 is 12.1 Å². The third-order valence-corrected chi connectivity index (χ3v) is 5.02. The fourth-order valence-corrected chi connectivity index (χ4v) is 3.53. The molecule has 0 unspecified atom stereocenters. The SMILES string of the molecule is CC(C)COc1ccc2cc(-c3noc([C@@H]4[C@@H](O)CCN4C(=N)N)n3)ccc2c1. The summed E-state index contributed by atoms with van der Waals surface area (Å²) in [6, 6.07) is 11.3. The Labute approximate surface area is 168 Å². The third kappa shape index (κ3) is 3.88. The zero-order valence-corrected chi connectivity index (χ0v) is 16.5. The molecular weight excluding hydrogens is 370 g/mol. The van der Waals surface area contributed by atoms with Gasteiger partial charge in [0.1, 0.15) is 11.8 Å². The molecule has 152 valence electrons. The van der Waals surface area contributed by atoms with Gasteiger partial charge in [0.25, 0.3) is 5.89 Å². The molecule has 2 heterocycles. The Morgan fingerprint density at radius 3 is 2.83 bits per heavy atom. The van der Waals surface area contributed by atoms with Crippen LogP contribution in [0.15, 0.2) is 40.9 Å². The number of benzene rings is 2. The van der Waals surface area contributed by atoms with Gasteiger partial charge < -0.3 is 25.0 Å². The number of likely N-dealkylation sites (tertiary alicyclic amines) is 1. The van der Waals surface area contributed by atoms with Crippen molar-refractivity contribution >= 4 is 16.7 Å². The van der Waals surface area contributed by atoms with Crippen molar-refractivity contribution in [2.45, 2.75) is 32.4 Å². The molecule has 1 aliphatic rings. The molecule has 2 atom stereocenters. The molecule has 0 bridgehead atoms. The second-order valence-corrected chi connectivity index (χ2v) is 7.76. The Balaban J connectivity index is 1.59. The number of nitrogens with zero attached hydrogens (tertiary/aromatic N) is 3. The first-order valence-corrected chi connectivity index (χ1v) is 9.71. The van der Waals surface area contributed by atoms with E-state index in [4.69, 9.17) is 20.4 Å². The van der Waals surface area contributed by atoms with Crippen LogP contribution in [0.3, 0.4) is 0 Å². The van der Waals surface area contributed by atoms with Gasteiger partial charge in [-0.05, 0) is 41.3 Å². The molecule has 4 rings (SSSR count). The van der Waals surface area contributed by atoms with Crippen molar-refractivity contribution in [3.05, 3.63) is 42.3 Å². The highest BCUT2D eigenvalue weighted by Crippen LogP contribution is 2.32. The minimum absolute atomic E-state index is 0.118. The molecule has 1 saturated heterocycles. The summed E-state index contributed by atoms with van der Waals surface area (Å²) in [5.74, 6) is 1.90. The van der Waals surface area contributed by atoms with Gasteiger partial charge in [0.05, 0.1) is 12.7 Å². The summed E-state index contributed by atoms with van der Waals surface area (Å²) in [4.78, 5) is 6.03. The quantitative estimate of drug-likeness (QED) is 0.448. The predicted octanol–water partition coefficient (Wildman–Crippen LogP) is 2.93. The topological polar surface area (TPSA) is 121 Å². The summed E-state index contributed by atoms with van der Waals surface area (Å²) in [5.41, 5.74) is 6.43. The van der Waals surface area contributed by atoms with Crippen LogP contribution in [0.2, 0.25) is 0 Å². The van der Waals surface area contributed by atoms with Gasteiger partial charge >= 0.3 is 0 Å². The number of guanidine groups is 1. The van der Waals surface area contributed by atoms with Crippen molar-refractivity contribution in [1.82, 2.24) is 15.0 Å². The molecule has 2 aromatic carbocycles. The number of nitrogens with one attached hydrogen (secondary N) is 1. The minimum atomic E-state index is -0.701. The number of nitrogens with two attached hydrogens (primary N) is 1. The van der Waals surface area contributed by atoms with Gasteiger partial charge in [0, 0.05) is 12.1 Å². The lowest BCUT2D eigenvalue weighted by Crippen LogP contribution is -2.37. The van der Waals surface area contributed by atoms with E-state index in [2.05, 4.69) is 24.0 Å². The first-order chi connectivity index (χ1) is 13.9. The zero-order chi connectivity index (χ0) is 20.5. The van der Waals surface area contributed by atoms with Gasteiger partial charge in [-0.2, -0.15) is 4.98 Å². The number of aliphatic hydroxyl groups excluding tert-OH is 1. The van der Waals surface area contributed by atoms with Gasteiger partial charge in [-0.15, -0.1) is 0 Å². The van der Waals surface area contributed by atoms with E-state index in [0.717, 1.165) is 22.1 Å². The van der Waals surface area contributed by atoms with Crippen LogP contribution in [-0.2, 0) is 0 Å². The molecular formula is C21H25N5O3. The minimum Gasteiger partial charge on any atom is -0.493 e. The van der Waals surface area contributed by atoms with E-state index in [1.165, 1.54) is 0 Å². The normalized spacial score (nSPS) is 19.2. The van der Waals surface area contributed by atoms with Gasteiger partial charge in [-0.1, -0.05) is 37.2 Å². The largest absolute Gasteiger partial charge is 0.493 e. The van der Waals surface area contributed by atoms with Gasteiger partial charge in [-0.3, -0.25) is 5.41 Å². The molecule has 0 amide bonds. The molecule has 8 nitrogen and oxygen atoms in total. The van der Waals surface area contributed by atoms with Crippen LogP contribution in [0.25, 0.3) is 22.2 Å². The molecule has 0 aliphatic carbocycles. The number of hydrogen-bond donors (Lipinski definition) is 3. The summed E-state index contributed by atoms with van der Waals surface area (Å²) in [6.45, 7) is 5.40. The standard InChI is InChI=1S/C21H25N5O3/c1-12(2)11-28-16-6-5-13-9-15(4-3-14(13)10-16)19-24-20(29-25-19)18-17(27)7-8-26(18)21(22)23/h3-6,9-10,12,17-18,27H,7-8,11H2,1-2H3,(H3,22,23)/t17-,18-/m0/s1. The van der Waals surface area contributed by atoms with Crippen LogP contribution >= 0.6 is 0 Å². The highest BCUT2D eigenvalue weighted by molar-refractivity contribution is 5.87. The molecule has 4 N–H and O–H groups in total. The lowest BCUT2D eigenvalue weighted by Gasteiger charge is -2.22. The fourth-order valence-electron chi connectivity index (χ4n) is 3.53. The summed E-state index contributed by atoms with van der Waals surface area (Å²) in [7, 11) is 0. The highest BCUT2D eigenvalue weighted by atomic mass is 16.5. The third-order valence-electron chi connectivity index (χ3n) is 5.02. The van der Waals surface area contributed by atoms with Crippen LogP contribution in [0.4, 0.5) is 0 Å². The summed E-state index contributed by atoms with van der Waals surface area (Å²) >= 11 is 0. The Hall–Kier alpha value is -3.13. The second kappa shape index (κ2) is 7.71. The maximum Gasteiger partial charge on any atom is 0.252 e. The van der Waals surface area contributed by atoms with Crippen molar-refractivity contribution in [3.8, 4) is 17.1 Å². The molecule has 29 heavy (non-hydrogen) atoms. The molecule has 1 fully saturated rings. The summed E-state index contributed by atoms with van der Waals surface area (Å²) in [6.07, 6.45) is -0.202. The molecule has 3 aromatic rings. The molecule has 1 aliphatic heterocycles. The maximum atomic E-state index is 10.3. The average Bonchev–Trinajstić information content (AvgIpc) is 3.32. The number of fused-ring (bicyclic) bond motifs is 1. The summed E-state index contributed by atoms with van der Waals surface area (Å²) < 4.78 is 11.2. The van der Waals surface area contributed by atoms with Crippen molar-refractivity contribution < 1.29 is 14.4 Å². The van der Waals surface area contributed by atoms with E-state index >= 15 is 0 Å². The lowest BCUT2D eigenvalue weighted by atomic mass is 10.1. The second-order valence-electron chi connectivity index (χ2n) is 7.76. The van der Waals surface area contributed by atoms with E-state index in [9.17, 15) is 5.11 Å². The number of aromatic nitrogens is 2. The molecule has 0 radical (unpaired) electrons. The van der Waals surface area contributed by atoms with Gasteiger partial charge in [-0.25, -0.2) is 0 Å². The first-order valence-electron chi connectivity index (χ1n) is 9.71. The molecule has 1 aromatic heterocycles. The van der Waals surface area contributed by atoms with Crippen LogP contribution in [-0.4, -0.2) is 45.4 Å². The average molecular weight is 395 g/mol. The summed E-state index contributed by atoms with van der Waals surface area (Å²) in [5, 5.41) is 24.1. The fraction of sp³-hybridized carbons (Fsp3) is 0.381. The van der Waals surface area contributed by atoms with Gasteiger partial charge in [0.2, 0.25) is 5.82 Å². The van der Waals surface area contributed by atoms with Crippen LogP contribution in [0.1, 0.15) is 32.2 Å². The Kier molecular flexibility index (Phi) is 5.10. The maximum absolute atomic E-state index is 10.3. The van der Waals surface area contributed by atoms with E-state index in [0.29, 0.717) is 31.3 Å².